The highest BCUT2D eigenvalue weighted by Gasteiger charge is 2.45. The molecule has 0 amide bonds. The Labute approximate surface area is 212 Å². The molecule has 1 aliphatic heterocycles. The van der Waals surface area contributed by atoms with Crippen molar-refractivity contribution in [1.29, 1.82) is 0 Å². The SMILES string of the molecule is COc1ccc([C@H]2CC(=O)C3=C(C2)N=C(C)C(C(=O)OC(C)C)[C@H]3c2ccc(OC)c(OC)c2)cc1. The molecule has 0 aromatic heterocycles. The summed E-state index contributed by atoms with van der Waals surface area (Å²) >= 11 is 0. The van der Waals surface area contributed by atoms with Crippen LogP contribution in [0.1, 0.15) is 56.6 Å². The van der Waals surface area contributed by atoms with E-state index in [4.69, 9.17) is 23.9 Å². The van der Waals surface area contributed by atoms with E-state index in [0.717, 1.165) is 22.6 Å². The summed E-state index contributed by atoms with van der Waals surface area (Å²) in [5.74, 6) is 0.271. The normalized spacial score (nSPS) is 21.6. The second-order valence-electron chi connectivity index (χ2n) is 9.47. The van der Waals surface area contributed by atoms with Crippen LogP contribution in [0.15, 0.2) is 58.7 Å². The molecule has 190 valence electrons. The van der Waals surface area contributed by atoms with Gasteiger partial charge in [-0.25, -0.2) is 0 Å². The quantitative estimate of drug-likeness (QED) is 0.493. The molecule has 2 aromatic rings. The molecule has 0 saturated carbocycles. The van der Waals surface area contributed by atoms with Crippen LogP contribution in [0.25, 0.3) is 0 Å². The topological polar surface area (TPSA) is 83.4 Å². The molecule has 36 heavy (non-hydrogen) atoms. The number of methoxy groups -OCH3 is 3. The van der Waals surface area contributed by atoms with Gasteiger partial charge in [-0.3, -0.25) is 14.6 Å². The molecule has 1 heterocycles. The van der Waals surface area contributed by atoms with Crippen molar-refractivity contribution < 1.29 is 28.5 Å². The number of allylic oxidation sites excluding steroid dienone is 2. The van der Waals surface area contributed by atoms with Crippen molar-refractivity contribution in [3.05, 3.63) is 64.9 Å². The van der Waals surface area contributed by atoms with Crippen molar-refractivity contribution in [2.75, 3.05) is 21.3 Å². The summed E-state index contributed by atoms with van der Waals surface area (Å²) in [5, 5.41) is 0. The third kappa shape index (κ3) is 4.87. The van der Waals surface area contributed by atoms with Crippen LogP contribution in [-0.4, -0.2) is 44.9 Å². The Morgan fingerprint density at radius 3 is 2.19 bits per heavy atom. The zero-order valence-corrected chi connectivity index (χ0v) is 21.7. The number of carbonyl (C=O) groups is 2. The number of hydrogen-bond donors (Lipinski definition) is 0. The summed E-state index contributed by atoms with van der Waals surface area (Å²) in [6, 6.07) is 13.3. The first-order valence-corrected chi connectivity index (χ1v) is 12.1. The second kappa shape index (κ2) is 10.6. The largest absolute Gasteiger partial charge is 0.497 e. The second-order valence-corrected chi connectivity index (χ2v) is 9.47. The summed E-state index contributed by atoms with van der Waals surface area (Å²) in [4.78, 5) is 31.9. The number of esters is 1. The first-order valence-electron chi connectivity index (χ1n) is 12.1. The van der Waals surface area contributed by atoms with Crippen LogP contribution in [0, 0.1) is 5.92 Å². The van der Waals surface area contributed by atoms with Gasteiger partial charge >= 0.3 is 5.97 Å². The van der Waals surface area contributed by atoms with Gasteiger partial charge in [-0.2, -0.15) is 0 Å². The maximum Gasteiger partial charge on any atom is 0.315 e. The molecule has 0 bridgehead atoms. The van der Waals surface area contributed by atoms with Crippen molar-refractivity contribution >= 4 is 17.5 Å². The minimum atomic E-state index is -0.703. The summed E-state index contributed by atoms with van der Waals surface area (Å²) < 4.78 is 21.8. The molecule has 3 atom stereocenters. The Morgan fingerprint density at radius 2 is 1.58 bits per heavy atom. The molecule has 0 radical (unpaired) electrons. The first kappa shape index (κ1) is 25.5. The number of aliphatic imine (C=N–C) groups is 1. The number of ether oxygens (including phenoxy) is 4. The predicted octanol–water partition coefficient (Wildman–Crippen LogP) is 5.24. The van der Waals surface area contributed by atoms with Crippen molar-refractivity contribution in [2.24, 2.45) is 10.9 Å². The Balaban J connectivity index is 1.80. The lowest BCUT2D eigenvalue weighted by Gasteiger charge is -2.37. The molecule has 0 spiro atoms. The number of carbonyl (C=O) groups excluding carboxylic acids is 2. The molecular formula is C29H33NO6. The Hall–Kier alpha value is -3.61. The molecule has 0 N–H and O–H groups in total. The minimum Gasteiger partial charge on any atom is -0.497 e. The number of benzene rings is 2. The summed E-state index contributed by atoms with van der Waals surface area (Å²) in [6.07, 6.45) is 0.670. The predicted molar refractivity (Wildman–Crippen MR) is 137 cm³/mol. The van der Waals surface area contributed by atoms with E-state index in [1.807, 2.05) is 57.2 Å². The first-order chi connectivity index (χ1) is 17.3. The number of ketones is 1. The van der Waals surface area contributed by atoms with E-state index in [1.165, 1.54) is 0 Å². The van der Waals surface area contributed by atoms with E-state index in [2.05, 4.69) is 0 Å². The molecule has 2 aliphatic rings. The Morgan fingerprint density at radius 1 is 0.917 bits per heavy atom. The van der Waals surface area contributed by atoms with Gasteiger partial charge in [-0.05, 0) is 68.5 Å². The molecule has 4 rings (SSSR count). The smallest absolute Gasteiger partial charge is 0.315 e. The highest BCUT2D eigenvalue weighted by atomic mass is 16.5. The van der Waals surface area contributed by atoms with Gasteiger partial charge < -0.3 is 18.9 Å². The van der Waals surface area contributed by atoms with Gasteiger partial charge in [-0.1, -0.05) is 18.2 Å². The minimum absolute atomic E-state index is 0.00363. The summed E-state index contributed by atoms with van der Waals surface area (Å²) in [5.41, 5.74) is 3.81. The van der Waals surface area contributed by atoms with Gasteiger partial charge in [0, 0.05) is 29.3 Å². The third-order valence-electron chi connectivity index (χ3n) is 6.85. The van der Waals surface area contributed by atoms with Gasteiger partial charge in [0.05, 0.1) is 27.4 Å². The zero-order chi connectivity index (χ0) is 26.0. The Bertz CT molecular complexity index is 1210. The molecule has 0 saturated heterocycles. The van der Waals surface area contributed by atoms with Crippen LogP contribution in [0.2, 0.25) is 0 Å². The molecule has 1 aliphatic carbocycles. The van der Waals surface area contributed by atoms with E-state index in [0.29, 0.717) is 35.6 Å². The Kier molecular flexibility index (Phi) is 7.48. The average Bonchev–Trinajstić information content (AvgIpc) is 2.86. The molecule has 7 heteroatoms. The van der Waals surface area contributed by atoms with Gasteiger partial charge in [0.15, 0.2) is 17.3 Å². The molecular weight excluding hydrogens is 458 g/mol. The lowest BCUT2D eigenvalue weighted by atomic mass is 9.69. The van der Waals surface area contributed by atoms with Gasteiger partial charge in [0.25, 0.3) is 0 Å². The van der Waals surface area contributed by atoms with Crippen molar-refractivity contribution in [2.45, 2.75) is 51.6 Å². The fourth-order valence-corrected chi connectivity index (χ4v) is 5.19. The maximum atomic E-state index is 13.7. The fraction of sp³-hybridized carbons (Fsp3) is 0.414. The average molecular weight is 492 g/mol. The molecule has 1 unspecified atom stereocenters. The molecule has 0 fully saturated rings. The number of rotatable bonds is 7. The van der Waals surface area contributed by atoms with Crippen LogP contribution < -0.4 is 14.2 Å². The molecule has 2 aromatic carbocycles. The highest BCUT2D eigenvalue weighted by Crippen LogP contribution is 2.48. The number of nitrogens with zero attached hydrogens (tertiary/aromatic N) is 1. The van der Waals surface area contributed by atoms with E-state index in [-0.39, 0.29) is 23.8 Å². The molecule has 7 nitrogen and oxygen atoms in total. The van der Waals surface area contributed by atoms with Crippen LogP contribution in [0.3, 0.4) is 0 Å². The number of hydrogen-bond acceptors (Lipinski definition) is 7. The van der Waals surface area contributed by atoms with Crippen molar-refractivity contribution in [1.82, 2.24) is 0 Å². The monoisotopic (exact) mass is 491 g/mol. The lowest BCUT2D eigenvalue weighted by molar-refractivity contribution is -0.150. The van der Waals surface area contributed by atoms with Crippen LogP contribution in [0.4, 0.5) is 0 Å². The summed E-state index contributed by atoms with van der Waals surface area (Å²) in [6.45, 7) is 5.47. The zero-order valence-electron chi connectivity index (χ0n) is 21.7. The van der Waals surface area contributed by atoms with E-state index >= 15 is 0 Å². The fourth-order valence-electron chi connectivity index (χ4n) is 5.19. The maximum absolute atomic E-state index is 13.7. The van der Waals surface area contributed by atoms with E-state index in [1.54, 1.807) is 27.4 Å². The highest BCUT2D eigenvalue weighted by molar-refractivity contribution is 6.09. The van der Waals surface area contributed by atoms with Crippen LogP contribution >= 0.6 is 0 Å². The van der Waals surface area contributed by atoms with Crippen molar-refractivity contribution in [3.63, 3.8) is 0 Å². The van der Waals surface area contributed by atoms with Crippen LogP contribution in [0.5, 0.6) is 17.2 Å². The van der Waals surface area contributed by atoms with Crippen molar-refractivity contribution in [3.8, 4) is 17.2 Å². The van der Waals surface area contributed by atoms with E-state index < -0.39 is 11.8 Å². The van der Waals surface area contributed by atoms with Gasteiger partial charge in [0.2, 0.25) is 0 Å². The van der Waals surface area contributed by atoms with Gasteiger partial charge in [0.1, 0.15) is 11.7 Å². The third-order valence-corrected chi connectivity index (χ3v) is 6.85. The van der Waals surface area contributed by atoms with E-state index in [9.17, 15) is 9.59 Å². The summed E-state index contributed by atoms with van der Waals surface area (Å²) in [7, 11) is 4.77. The number of Topliss-reactive ketones (excluding diaryl/α,β-unsaturated/α-hetero) is 1. The van der Waals surface area contributed by atoms with Crippen LogP contribution in [-0.2, 0) is 14.3 Å². The van der Waals surface area contributed by atoms with Gasteiger partial charge in [-0.15, -0.1) is 0 Å². The lowest BCUT2D eigenvalue weighted by Crippen LogP contribution is -2.38. The standard InChI is InChI=1S/C29H33NO6/c1-16(2)36-29(32)26-17(3)30-22-13-20(18-7-10-21(33-4)11-8-18)14-23(31)28(22)27(26)19-9-12-24(34-5)25(15-19)35-6/h7-12,15-16,20,26-27H,13-14H2,1-6H3/t20-,26?,27-/m1/s1.